The molecule has 1 saturated carbocycles. The molecule has 0 radical (unpaired) electrons. The van der Waals surface area contributed by atoms with Crippen molar-refractivity contribution in [1.82, 2.24) is 0 Å². The molecule has 21 heavy (non-hydrogen) atoms. The lowest BCUT2D eigenvalue weighted by molar-refractivity contribution is -0.117. The molecule has 1 aliphatic carbocycles. The van der Waals surface area contributed by atoms with Gasteiger partial charge in [0.15, 0.2) is 11.6 Å². The summed E-state index contributed by atoms with van der Waals surface area (Å²) in [7, 11) is 0. The van der Waals surface area contributed by atoms with Gasteiger partial charge in [-0.05, 0) is 37.8 Å². The number of ether oxygens (including phenoxy) is 1. The van der Waals surface area contributed by atoms with Gasteiger partial charge in [0.05, 0.1) is 6.61 Å². The van der Waals surface area contributed by atoms with E-state index in [-0.39, 0.29) is 23.6 Å². The van der Waals surface area contributed by atoms with Crippen molar-refractivity contribution in [3.8, 4) is 5.75 Å². The first-order valence-electron chi connectivity index (χ1n) is 7.58. The smallest absolute Gasteiger partial charge is 0.224 e. The molecule has 116 valence electrons. The lowest BCUT2D eigenvalue weighted by Crippen LogP contribution is -2.35. The summed E-state index contributed by atoms with van der Waals surface area (Å²) in [6, 6.07) is 4.55. The second-order valence-electron chi connectivity index (χ2n) is 5.54. The fraction of sp³-hybridized carbons (Fsp3) is 0.562. The van der Waals surface area contributed by atoms with E-state index >= 15 is 0 Å². The maximum Gasteiger partial charge on any atom is 0.224 e. The van der Waals surface area contributed by atoms with E-state index in [1.807, 2.05) is 0 Å². The van der Waals surface area contributed by atoms with Crippen molar-refractivity contribution >= 4 is 11.6 Å². The van der Waals surface area contributed by atoms with Crippen molar-refractivity contribution in [1.29, 1.82) is 0 Å². The predicted octanol–water partition coefficient (Wildman–Crippen LogP) is 3.07. The van der Waals surface area contributed by atoms with Gasteiger partial charge in [-0.2, -0.15) is 0 Å². The number of halogens is 1. The molecule has 3 N–H and O–H groups in total. The molecule has 0 aliphatic heterocycles. The predicted molar refractivity (Wildman–Crippen MR) is 80.7 cm³/mol. The molecular weight excluding hydrogens is 271 g/mol. The first-order valence-corrected chi connectivity index (χ1v) is 7.58. The van der Waals surface area contributed by atoms with Crippen LogP contribution in [0.5, 0.6) is 5.75 Å². The van der Waals surface area contributed by atoms with E-state index in [2.05, 4.69) is 5.32 Å². The Kier molecular flexibility index (Phi) is 5.56. The van der Waals surface area contributed by atoms with E-state index in [1.165, 1.54) is 12.1 Å². The fourth-order valence-electron chi connectivity index (χ4n) is 2.79. The van der Waals surface area contributed by atoms with Crippen LogP contribution in [0.25, 0.3) is 0 Å². The average Bonchev–Trinajstić information content (AvgIpc) is 2.44. The second kappa shape index (κ2) is 7.41. The first-order chi connectivity index (χ1) is 10.1. The Balaban J connectivity index is 1.91. The number of anilines is 1. The maximum absolute atomic E-state index is 13.7. The zero-order valence-corrected chi connectivity index (χ0v) is 12.4. The zero-order chi connectivity index (χ0) is 15.2. The van der Waals surface area contributed by atoms with Crippen molar-refractivity contribution in [2.75, 3.05) is 11.9 Å². The summed E-state index contributed by atoms with van der Waals surface area (Å²) in [5, 5.41) is 2.73. The van der Waals surface area contributed by atoms with Gasteiger partial charge in [-0.25, -0.2) is 4.39 Å². The average molecular weight is 294 g/mol. The van der Waals surface area contributed by atoms with Crippen LogP contribution >= 0.6 is 0 Å². The number of rotatable bonds is 5. The number of amides is 1. The number of carbonyl (C=O) groups is 1. The Morgan fingerprint density at radius 2 is 2.19 bits per heavy atom. The summed E-state index contributed by atoms with van der Waals surface area (Å²) < 4.78 is 18.8. The van der Waals surface area contributed by atoms with Crippen LogP contribution in [0.1, 0.15) is 39.0 Å². The summed E-state index contributed by atoms with van der Waals surface area (Å²) >= 11 is 0. The number of carbonyl (C=O) groups excluding carboxylic acids is 1. The van der Waals surface area contributed by atoms with E-state index in [1.54, 1.807) is 13.0 Å². The molecule has 2 unspecified atom stereocenters. The van der Waals surface area contributed by atoms with Crippen molar-refractivity contribution in [3.05, 3.63) is 24.0 Å². The van der Waals surface area contributed by atoms with Gasteiger partial charge in [0.1, 0.15) is 0 Å². The largest absolute Gasteiger partial charge is 0.491 e. The first kappa shape index (κ1) is 15.8. The minimum Gasteiger partial charge on any atom is -0.491 e. The number of hydrogen-bond donors (Lipinski definition) is 2. The number of hydrogen-bond acceptors (Lipinski definition) is 3. The summed E-state index contributed by atoms with van der Waals surface area (Å²) in [4.78, 5) is 12.0. The number of nitrogens with one attached hydrogen (secondary N) is 1. The lowest BCUT2D eigenvalue weighted by Gasteiger charge is -2.27. The Morgan fingerprint density at radius 1 is 1.43 bits per heavy atom. The molecular formula is C16H23FN2O2. The van der Waals surface area contributed by atoms with Crippen LogP contribution in [0.15, 0.2) is 18.2 Å². The van der Waals surface area contributed by atoms with Gasteiger partial charge in [-0.3, -0.25) is 4.79 Å². The molecule has 0 bridgehead atoms. The third kappa shape index (κ3) is 4.43. The van der Waals surface area contributed by atoms with Crippen LogP contribution < -0.4 is 15.8 Å². The molecule has 1 aliphatic rings. The molecule has 0 aromatic heterocycles. The van der Waals surface area contributed by atoms with Crippen LogP contribution in [0, 0.1) is 11.7 Å². The normalized spacial score (nSPS) is 21.9. The van der Waals surface area contributed by atoms with E-state index in [4.69, 9.17) is 10.5 Å². The van der Waals surface area contributed by atoms with Gasteiger partial charge in [0.2, 0.25) is 5.91 Å². The molecule has 5 heteroatoms. The lowest BCUT2D eigenvalue weighted by atomic mass is 9.83. The topological polar surface area (TPSA) is 64.3 Å². The second-order valence-corrected chi connectivity index (χ2v) is 5.54. The third-order valence-electron chi connectivity index (χ3n) is 3.93. The highest BCUT2D eigenvalue weighted by Crippen LogP contribution is 2.26. The molecule has 1 aromatic rings. The molecule has 0 heterocycles. The number of nitrogens with two attached hydrogens (primary N) is 1. The minimum atomic E-state index is -0.469. The van der Waals surface area contributed by atoms with Gasteiger partial charge in [0.25, 0.3) is 0 Å². The summed E-state index contributed by atoms with van der Waals surface area (Å²) in [6.07, 6.45) is 4.64. The summed E-state index contributed by atoms with van der Waals surface area (Å²) in [5.41, 5.74) is 6.49. The molecule has 4 nitrogen and oxygen atoms in total. The zero-order valence-electron chi connectivity index (χ0n) is 12.4. The summed E-state index contributed by atoms with van der Waals surface area (Å²) in [5.74, 6) is -0.152. The van der Waals surface area contributed by atoms with Crippen molar-refractivity contribution in [2.24, 2.45) is 11.7 Å². The van der Waals surface area contributed by atoms with Crippen molar-refractivity contribution in [2.45, 2.75) is 45.1 Å². The van der Waals surface area contributed by atoms with Gasteiger partial charge in [-0.1, -0.05) is 12.8 Å². The molecule has 2 atom stereocenters. The highest BCUT2D eigenvalue weighted by atomic mass is 19.1. The SMILES string of the molecule is CCOc1ccc(NC(=O)CC2CCCCC2N)cc1F. The van der Waals surface area contributed by atoms with Crippen molar-refractivity contribution in [3.63, 3.8) is 0 Å². The molecule has 2 rings (SSSR count). The Hall–Kier alpha value is -1.62. The highest BCUT2D eigenvalue weighted by molar-refractivity contribution is 5.91. The van der Waals surface area contributed by atoms with Crippen LogP contribution in [0.2, 0.25) is 0 Å². The van der Waals surface area contributed by atoms with Gasteiger partial charge in [-0.15, -0.1) is 0 Å². The molecule has 1 fully saturated rings. The fourth-order valence-corrected chi connectivity index (χ4v) is 2.79. The third-order valence-corrected chi connectivity index (χ3v) is 3.93. The van der Waals surface area contributed by atoms with Crippen LogP contribution in [-0.4, -0.2) is 18.6 Å². The Morgan fingerprint density at radius 3 is 2.86 bits per heavy atom. The van der Waals surface area contributed by atoms with Gasteiger partial charge < -0.3 is 15.8 Å². The number of benzene rings is 1. The van der Waals surface area contributed by atoms with Gasteiger partial charge >= 0.3 is 0 Å². The standard InChI is InChI=1S/C16H23FN2O2/c1-2-21-15-8-7-12(10-13(15)17)19-16(20)9-11-5-3-4-6-14(11)18/h7-8,10-11,14H,2-6,9,18H2,1H3,(H,19,20). The van der Waals surface area contributed by atoms with Crippen molar-refractivity contribution < 1.29 is 13.9 Å². The highest BCUT2D eigenvalue weighted by Gasteiger charge is 2.24. The van der Waals surface area contributed by atoms with E-state index in [9.17, 15) is 9.18 Å². The van der Waals surface area contributed by atoms with Crippen LogP contribution in [0.3, 0.4) is 0 Å². The monoisotopic (exact) mass is 294 g/mol. The summed E-state index contributed by atoms with van der Waals surface area (Å²) in [6.45, 7) is 2.20. The molecule has 0 saturated heterocycles. The Labute approximate surface area is 124 Å². The molecule has 1 aromatic carbocycles. The quantitative estimate of drug-likeness (QED) is 0.877. The minimum absolute atomic E-state index is 0.0987. The maximum atomic E-state index is 13.7. The molecule has 0 spiro atoms. The van der Waals surface area contributed by atoms with Crippen LogP contribution in [-0.2, 0) is 4.79 Å². The molecule has 1 amide bonds. The van der Waals surface area contributed by atoms with E-state index in [0.717, 1.165) is 25.7 Å². The van der Waals surface area contributed by atoms with E-state index < -0.39 is 5.82 Å². The van der Waals surface area contributed by atoms with Crippen LogP contribution in [0.4, 0.5) is 10.1 Å². The Bertz CT molecular complexity index is 493. The van der Waals surface area contributed by atoms with E-state index in [0.29, 0.717) is 18.7 Å². The van der Waals surface area contributed by atoms with Gasteiger partial charge in [0, 0.05) is 24.2 Å².